The Labute approximate surface area is 370 Å². The number of hydrogen-bond acceptors (Lipinski definition) is 1. The van der Waals surface area contributed by atoms with E-state index in [0.29, 0.717) is 0 Å². The van der Waals surface area contributed by atoms with E-state index in [1.54, 1.807) is 0 Å². The average molecular weight is 821 g/mol. The van der Waals surface area contributed by atoms with E-state index in [9.17, 15) is 0 Å². The molecule has 3 heteroatoms. The molecule has 0 aliphatic heterocycles. The molecule has 10 aromatic carbocycles. The summed E-state index contributed by atoms with van der Waals surface area (Å²) in [5.41, 5.74) is 11.5. The van der Waals surface area contributed by atoms with Crippen LogP contribution >= 0.6 is 0 Å². The van der Waals surface area contributed by atoms with Crippen molar-refractivity contribution in [1.82, 2.24) is 4.57 Å². The normalized spacial score (nSPS) is 11.5. The van der Waals surface area contributed by atoms with E-state index in [-0.39, 0.29) is 0 Å². The first-order valence-corrected chi connectivity index (χ1v) is 23.7. The summed E-state index contributed by atoms with van der Waals surface area (Å²) in [4.78, 5) is 2.45. The summed E-state index contributed by atoms with van der Waals surface area (Å²) in [5.74, 6) is 0. The molecule has 1 aromatic heterocycles. The predicted molar refractivity (Wildman–Crippen MR) is 270 cm³/mol. The van der Waals surface area contributed by atoms with Gasteiger partial charge in [-0.05, 0) is 86.0 Å². The van der Waals surface area contributed by atoms with Crippen molar-refractivity contribution in [2.24, 2.45) is 0 Å². The lowest BCUT2D eigenvalue weighted by atomic mass is 10.0. The molecule has 0 bridgehead atoms. The molecule has 0 aliphatic carbocycles. The summed E-state index contributed by atoms with van der Waals surface area (Å²) in [5, 5.41) is 7.86. The maximum absolute atomic E-state index is 2.73. The highest BCUT2D eigenvalue weighted by Crippen LogP contribution is 2.43. The molecule has 0 fully saturated rings. The van der Waals surface area contributed by atoms with Crippen LogP contribution in [0, 0.1) is 0 Å². The molecule has 0 saturated heterocycles. The van der Waals surface area contributed by atoms with Gasteiger partial charge in [0.25, 0.3) is 0 Å². The topological polar surface area (TPSA) is 8.17 Å². The van der Waals surface area contributed by atoms with Crippen molar-refractivity contribution in [1.29, 1.82) is 0 Å². The van der Waals surface area contributed by atoms with E-state index in [1.807, 2.05) is 0 Å². The SMILES string of the molecule is c1ccc(-c2ccc(-n3c4ccccc4c4ccc(N(c5ccc([Si](c6ccccc6)(c6ccccc6)c6ccccc6)cc5)c5ccccc5-c5ccccc5)cc43)cc2)cc1. The van der Waals surface area contributed by atoms with Crippen molar-refractivity contribution >= 4 is 67.7 Å². The monoisotopic (exact) mass is 820 g/mol. The Kier molecular flexibility index (Phi) is 9.93. The lowest BCUT2D eigenvalue weighted by molar-refractivity contribution is 1.18. The van der Waals surface area contributed by atoms with Crippen LogP contribution in [-0.2, 0) is 0 Å². The Morgan fingerprint density at radius 3 is 1.35 bits per heavy atom. The Morgan fingerprint density at radius 2 is 0.746 bits per heavy atom. The van der Waals surface area contributed by atoms with Gasteiger partial charge in [0.2, 0.25) is 0 Å². The van der Waals surface area contributed by atoms with Crippen molar-refractivity contribution in [3.63, 3.8) is 0 Å². The molecule has 0 N–H and O–H groups in total. The fourth-order valence-electron chi connectivity index (χ4n) is 9.69. The number of aromatic nitrogens is 1. The van der Waals surface area contributed by atoms with Crippen LogP contribution in [0.25, 0.3) is 49.7 Å². The number of nitrogens with zero attached hydrogens (tertiary/aromatic N) is 2. The van der Waals surface area contributed by atoms with Crippen molar-refractivity contribution in [2.75, 3.05) is 4.90 Å². The molecule has 11 aromatic rings. The summed E-state index contributed by atoms with van der Waals surface area (Å²) in [7, 11) is -2.73. The van der Waals surface area contributed by atoms with Gasteiger partial charge in [0.05, 0.1) is 16.7 Å². The Hall–Kier alpha value is -7.98. The number of fused-ring (bicyclic) bond motifs is 3. The summed E-state index contributed by atoms with van der Waals surface area (Å²) in [6.07, 6.45) is 0. The maximum Gasteiger partial charge on any atom is 0.179 e. The molecule has 63 heavy (non-hydrogen) atoms. The van der Waals surface area contributed by atoms with Gasteiger partial charge < -0.3 is 9.47 Å². The van der Waals surface area contributed by atoms with Gasteiger partial charge in [-0.1, -0.05) is 218 Å². The second-order valence-corrected chi connectivity index (χ2v) is 19.9. The molecule has 298 valence electrons. The number of rotatable bonds is 10. The van der Waals surface area contributed by atoms with Gasteiger partial charge in [0.1, 0.15) is 0 Å². The van der Waals surface area contributed by atoms with Crippen molar-refractivity contribution in [3.05, 3.63) is 267 Å². The molecular weight excluding hydrogens is 777 g/mol. The molecule has 0 spiro atoms. The smallest absolute Gasteiger partial charge is 0.179 e. The Morgan fingerprint density at radius 1 is 0.302 bits per heavy atom. The third-order valence-electron chi connectivity index (χ3n) is 12.6. The molecule has 11 rings (SSSR count). The van der Waals surface area contributed by atoms with E-state index in [4.69, 9.17) is 0 Å². The molecule has 1 heterocycles. The zero-order valence-corrected chi connectivity index (χ0v) is 35.8. The van der Waals surface area contributed by atoms with Crippen LogP contribution < -0.4 is 25.6 Å². The van der Waals surface area contributed by atoms with Crippen LogP contribution in [-0.4, -0.2) is 12.6 Å². The van der Waals surface area contributed by atoms with Crippen LogP contribution in [0.15, 0.2) is 267 Å². The zero-order valence-electron chi connectivity index (χ0n) is 34.8. The fraction of sp³-hybridized carbons (Fsp3) is 0. The van der Waals surface area contributed by atoms with E-state index >= 15 is 0 Å². The predicted octanol–water partition coefficient (Wildman–Crippen LogP) is 13.0. The van der Waals surface area contributed by atoms with Crippen LogP contribution in [0.5, 0.6) is 0 Å². The van der Waals surface area contributed by atoms with Crippen LogP contribution in [0.4, 0.5) is 17.1 Å². The Bertz CT molecular complexity index is 3200. The summed E-state index contributed by atoms with van der Waals surface area (Å²) >= 11 is 0. The second kappa shape index (κ2) is 16.5. The van der Waals surface area contributed by atoms with Gasteiger partial charge in [-0.25, -0.2) is 0 Å². The molecule has 0 aliphatic rings. The number of para-hydroxylation sites is 2. The quantitative estimate of drug-likeness (QED) is 0.0985. The average Bonchev–Trinajstić information content (AvgIpc) is 3.70. The van der Waals surface area contributed by atoms with Crippen molar-refractivity contribution in [3.8, 4) is 27.9 Å². The highest BCUT2D eigenvalue weighted by molar-refractivity contribution is 7.19. The maximum atomic E-state index is 2.45. The Balaban J connectivity index is 1.12. The molecule has 0 saturated carbocycles. The molecule has 2 nitrogen and oxygen atoms in total. The van der Waals surface area contributed by atoms with Crippen molar-refractivity contribution in [2.45, 2.75) is 0 Å². The van der Waals surface area contributed by atoms with Gasteiger partial charge >= 0.3 is 0 Å². The number of benzene rings is 10. The largest absolute Gasteiger partial charge is 0.310 e. The van der Waals surface area contributed by atoms with Crippen molar-refractivity contribution < 1.29 is 0 Å². The lowest BCUT2D eigenvalue weighted by Crippen LogP contribution is -2.74. The standard InChI is InChI=1S/C60H44N2Si/c1-6-20-45(21-7-1)46-34-36-49(37-35-46)62-59-33-19-17-31-56(59)57-43-40-50(44-60(57)62)61(58-32-18-16-30-55(58)47-22-8-2-9-23-47)48-38-41-54(42-39-48)63(51-24-10-3-11-25-51,52-26-12-4-13-27-52)53-28-14-5-15-29-53/h1-44H. The second-order valence-electron chi connectivity index (χ2n) is 16.1. The van der Waals surface area contributed by atoms with Crippen LogP contribution in [0.1, 0.15) is 0 Å². The van der Waals surface area contributed by atoms with E-state index in [0.717, 1.165) is 28.3 Å². The number of hydrogen-bond donors (Lipinski definition) is 0. The summed E-state index contributed by atoms with van der Waals surface area (Å²) in [6, 6.07) is 97.8. The zero-order chi connectivity index (χ0) is 42.0. The summed E-state index contributed by atoms with van der Waals surface area (Å²) in [6.45, 7) is 0. The fourth-order valence-corrected chi connectivity index (χ4v) is 14.4. The highest BCUT2D eigenvalue weighted by Gasteiger charge is 2.41. The number of anilines is 3. The third kappa shape index (κ3) is 6.76. The molecular formula is C60H44N2Si. The van der Waals surface area contributed by atoms with E-state index in [1.165, 1.54) is 59.3 Å². The van der Waals surface area contributed by atoms with Gasteiger partial charge in [-0.15, -0.1) is 0 Å². The minimum absolute atomic E-state index is 1.08. The van der Waals surface area contributed by atoms with Gasteiger partial charge in [-0.2, -0.15) is 0 Å². The summed E-state index contributed by atoms with van der Waals surface area (Å²) < 4.78 is 2.42. The van der Waals surface area contributed by atoms with Gasteiger partial charge in [0.15, 0.2) is 8.07 Å². The highest BCUT2D eigenvalue weighted by atomic mass is 28.3. The van der Waals surface area contributed by atoms with Crippen LogP contribution in [0.2, 0.25) is 0 Å². The van der Waals surface area contributed by atoms with E-state index in [2.05, 4.69) is 276 Å². The van der Waals surface area contributed by atoms with E-state index < -0.39 is 8.07 Å². The first-order valence-electron chi connectivity index (χ1n) is 21.7. The minimum Gasteiger partial charge on any atom is -0.310 e. The molecule has 0 amide bonds. The molecule has 0 unspecified atom stereocenters. The minimum atomic E-state index is -2.73. The first kappa shape index (κ1) is 38.0. The van der Waals surface area contributed by atoms with Crippen LogP contribution in [0.3, 0.4) is 0 Å². The molecule has 0 radical (unpaired) electrons. The van der Waals surface area contributed by atoms with Gasteiger partial charge in [-0.3, -0.25) is 0 Å². The lowest BCUT2D eigenvalue weighted by Gasteiger charge is -2.35. The third-order valence-corrected chi connectivity index (χ3v) is 17.4. The van der Waals surface area contributed by atoms with Gasteiger partial charge in [0, 0.05) is 33.4 Å². The molecule has 0 atom stereocenters. The first-order chi connectivity index (χ1) is 31.3.